The number of anilines is 1. The summed E-state index contributed by atoms with van der Waals surface area (Å²) in [6.07, 6.45) is 3.30. The van der Waals surface area contributed by atoms with Crippen molar-refractivity contribution in [2.45, 2.75) is 32.7 Å². The van der Waals surface area contributed by atoms with Crippen LogP contribution < -0.4 is 10.6 Å². The Labute approximate surface area is 185 Å². The van der Waals surface area contributed by atoms with Gasteiger partial charge in [0.05, 0.1) is 12.1 Å². The number of benzene rings is 2. The maximum atomic E-state index is 12.7. The van der Waals surface area contributed by atoms with E-state index in [1.54, 1.807) is 22.9 Å². The zero-order valence-electron chi connectivity index (χ0n) is 17.4. The topological polar surface area (TPSA) is 92.1 Å². The van der Waals surface area contributed by atoms with Gasteiger partial charge in [-0.05, 0) is 62.1 Å². The highest BCUT2D eigenvalue weighted by molar-refractivity contribution is 6.31. The molecular formula is C22H25ClN6O2. The van der Waals surface area contributed by atoms with E-state index in [1.165, 1.54) is 6.42 Å². The second kappa shape index (κ2) is 9.34. The molecule has 1 aliphatic rings. The minimum absolute atomic E-state index is 0.0470. The average molecular weight is 441 g/mol. The normalized spacial score (nSPS) is 13.9. The molecule has 0 radical (unpaired) electrons. The van der Waals surface area contributed by atoms with Gasteiger partial charge in [0.15, 0.2) is 0 Å². The van der Waals surface area contributed by atoms with Crippen molar-refractivity contribution in [1.82, 2.24) is 25.2 Å². The maximum Gasteiger partial charge on any atom is 0.319 e. The number of amides is 3. The fourth-order valence-corrected chi connectivity index (χ4v) is 3.89. The standard InChI is InChI=1S/C22H25ClN6O2/c1-15-5-7-17(23)14-18(15)25-22(31)24-9-12-29-20-8-6-16(13-19(20)26-27-29)21(30)28-10-3-2-4-11-28/h5-8,13-14H,2-4,9-12H2,1H3,(H2,24,25,31). The van der Waals surface area contributed by atoms with Crippen LogP contribution in [0.1, 0.15) is 35.2 Å². The molecule has 3 amide bonds. The Kier molecular flexibility index (Phi) is 6.36. The van der Waals surface area contributed by atoms with E-state index in [2.05, 4.69) is 20.9 Å². The highest BCUT2D eigenvalue weighted by Crippen LogP contribution is 2.20. The van der Waals surface area contributed by atoms with E-state index < -0.39 is 0 Å². The molecule has 1 aromatic heterocycles. The lowest BCUT2D eigenvalue weighted by Gasteiger charge is -2.26. The lowest BCUT2D eigenvalue weighted by molar-refractivity contribution is 0.0724. The molecular weight excluding hydrogens is 416 g/mol. The van der Waals surface area contributed by atoms with Gasteiger partial charge in [-0.1, -0.05) is 22.9 Å². The number of nitrogens with zero attached hydrogens (tertiary/aromatic N) is 4. The van der Waals surface area contributed by atoms with Crippen molar-refractivity contribution in [2.24, 2.45) is 0 Å². The van der Waals surface area contributed by atoms with Gasteiger partial charge in [0.2, 0.25) is 0 Å². The third-order valence-corrected chi connectivity index (χ3v) is 5.70. The molecule has 162 valence electrons. The Morgan fingerprint density at radius 2 is 1.90 bits per heavy atom. The monoisotopic (exact) mass is 440 g/mol. The molecule has 0 spiro atoms. The highest BCUT2D eigenvalue weighted by Gasteiger charge is 2.19. The lowest BCUT2D eigenvalue weighted by Crippen LogP contribution is -2.35. The predicted molar refractivity (Wildman–Crippen MR) is 120 cm³/mol. The molecule has 4 rings (SSSR count). The summed E-state index contributed by atoms with van der Waals surface area (Å²) >= 11 is 5.99. The van der Waals surface area contributed by atoms with Gasteiger partial charge in [0.25, 0.3) is 5.91 Å². The Morgan fingerprint density at radius 1 is 1.10 bits per heavy atom. The average Bonchev–Trinajstić information content (AvgIpc) is 3.18. The van der Waals surface area contributed by atoms with E-state index in [4.69, 9.17) is 11.6 Å². The van der Waals surface area contributed by atoms with Crippen molar-refractivity contribution in [3.8, 4) is 0 Å². The number of fused-ring (bicyclic) bond motifs is 1. The van der Waals surface area contributed by atoms with Crippen LogP contribution in [0.15, 0.2) is 36.4 Å². The van der Waals surface area contributed by atoms with Crippen LogP contribution in [0.5, 0.6) is 0 Å². The van der Waals surface area contributed by atoms with Gasteiger partial charge >= 0.3 is 6.03 Å². The third-order valence-electron chi connectivity index (χ3n) is 5.46. The van der Waals surface area contributed by atoms with Crippen molar-refractivity contribution in [3.05, 3.63) is 52.5 Å². The summed E-state index contributed by atoms with van der Waals surface area (Å²) in [5.74, 6) is 0.0470. The van der Waals surface area contributed by atoms with Crippen LogP contribution in [0.3, 0.4) is 0 Å². The molecule has 2 N–H and O–H groups in total. The first-order valence-corrected chi connectivity index (χ1v) is 10.8. The van der Waals surface area contributed by atoms with Crippen LogP contribution in [0, 0.1) is 6.92 Å². The molecule has 0 aliphatic carbocycles. The Balaban J connectivity index is 1.35. The van der Waals surface area contributed by atoms with Gasteiger partial charge in [0.1, 0.15) is 5.52 Å². The first kappa shape index (κ1) is 21.1. The van der Waals surface area contributed by atoms with Crippen molar-refractivity contribution in [1.29, 1.82) is 0 Å². The summed E-state index contributed by atoms with van der Waals surface area (Å²) in [6.45, 7) is 4.35. The number of carbonyl (C=O) groups is 2. The summed E-state index contributed by atoms with van der Waals surface area (Å²) in [5.41, 5.74) is 3.72. The van der Waals surface area contributed by atoms with Gasteiger partial charge in [-0.15, -0.1) is 5.10 Å². The Hall–Kier alpha value is -3.13. The predicted octanol–water partition coefficient (Wildman–Crippen LogP) is 3.84. The summed E-state index contributed by atoms with van der Waals surface area (Å²) in [7, 11) is 0. The molecule has 0 atom stereocenters. The number of likely N-dealkylation sites (tertiary alicyclic amines) is 1. The van der Waals surface area contributed by atoms with Crippen LogP contribution in [-0.2, 0) is 6.54 Å². The molecule has 1 saturated heterocycles. The number of nitrogens with one attached hydrogen (secondary N) is 2. The zero-order valence-corrected chi connectivity index (χ0v) is 18.2. The number of carbonyl (C=O) groups excluding carboxylic acids is 2. The quantitative estimate of drug-likeness (QED) is 0.630. The van der Waals surface area contributed by atoms with E-state index in [0.29, 0.717) is 34.9 Å². The third kappa shape index (κ3) is 4.96. The first-order valence-electron chi connectivity index (χ1n) is 10.4. The minimum Gasteiger partial charge on any atom is -0.339 e. The van der Waals surface area contributed by atoms with E-state index in [-0.39, 0.29) is 11.9 Å². The van der Waals surface area contributed by atoms with Crippen molar-refractivity contribution in [3.63, 3.8) is 0 Å². The second-order valence-electron chi connectivity index (χ2n) is 7.71. The molecule has 0 saturated carbocycles. The van der Waals surface area contributed by atoms with E-state index in [0.717, 1.165) is 37.0 Å². The van der Waals surface area contributed by atoms with Gasteiger partial charge < -0.3 is 15.5 Å². The number of rotatable bonds is 5. The molecule has 9 heteroatoms. The van der Waals surface area contributed by atoms with Crippen molar-refractivity contribution >= 4 is 40.3 Å². The van der Waals surface area contributed by atoms with Crippen molar-refractivity contribution in [2.75, 3.05) is 25.0 Å². The molecule has 0 bridgehead atoms. The maximum absolute atomic E-state index is 12.7. The summed E-state index contributed by atoms with van der Waals surface area (Å²) < 4.78 is 1.72. The van der Waals surface area contributed by atoms with Crippen LogP contribution >= 0.6 is 11.6 Å². The molecule has 8 nitrogen and oxygen atoms in total. The number of aryl methyl sites for hydroxylation is 1. The number of halogens is 1. The van der Waals surface area contributed by atoms with Gasteiger partial charge in [-0.3, -0.25) is 4.79 Å². The summed E-state index contributed by atoms with van der Waals surface area (Å²) in [4.78, 5) is 26.8. The molecule has 3 aromatic rings. The minimum atomic E-state index is -0.316. The fourth-order valence-electron chi connectivity index (χ4n) is 3.72. The number of aromatic nitrogens is 3. The number of piperidine rings is 1. The Morgan fingerprint density at radius 3 is 2.71 bits per heavy atom. The van der Waals surface area contributed by atoms with Crippen LogP contribution in [0.25, 0.3) is 11.0 Å². The SMILES string of the molecule is Cc1ccc(Cl)cc1NC(=O)NCCn1nnc2cc(C(=O)N3CCCCC3)ccc21. The summed E-state index contributed by atoms with van der Waals surface area (Å²) in [6, 6.07) is 10.5. The Bertz CT molecular complexity index is 1110. The van der Waals surface area contributed by atoms with E-state index >= 15 is 0 Å². The molecule has 2 heterocycles. The number of hydrogen-bond donors (Lipinski definition) is 2. The van der Waals surface area contributed by atoms with E-state index in [9.17, 15) is 9.59 Å². The van der Waals surface area contributed by atoms with Gasteiger partial charge in [0, 0.05) is 35.9 Å². The van der Waals surface area contributed by atoms with Gasteiger partial charge in [-0.25, -0.2) is 9.48 Å². The second-order valence-corrected chi connectivity index (χ2v) is 8.15. The first-order chi connectivity index (χ1) is 15.0. The fraction of sp³-hybridized carbons (Fsp3) is 0.364. The summed E-state index contributed by atoms with van der Waals surface area (Å²) in [5, 5.41) is 14.5. The van der Waals surface area contributed by atoms with Crippen LogP contribution in [0.4, 0.5) is 10.5 Å². The van der Waals surface area contributed by atoms with Gasteiger partial charge in [-0.2, -0.15) is 0 Å². The van der Waals surface area contributed by atoms with Crippen LogP contribution in [-0.4, -0.2) is 51.5 Å². The molecule has 31 heavy (non-hydrogen) atoms. The molecule has 2 aromatic carbocycles. The number of urea groups is 1. The number of hydrogen-bond acceptors (Lipinski definition) is 4. The molecule has 0 unspecified atom stereocenters. The van der Waals surface area contributed by atoms with Crippen molar-refractivity contribution < 1.29 is 9.59 Å². The highest BCUT2D eigenvalue weighted by atomic mass is 35.5. The smallest absolute Gasteiger partial charge is 0.319 e. The van der Waals surface area contributed by atoms with E-state index in [1.807, 2.05) is 30.0 Å². The molecule has 1 aliphatic heterocycles. The zero-order chi connectivity index (χ0) is 21.8. The van der Waals surface area contributed by atoms with Crippen LogP contribution in [0.2, 0.25) is 5.02 Å². The lowest BCUT2D eigenvalue weighted by atomic mass is 10.1. The molecule has 1 fully saturated rings. The largest absolute Gasteiger partial charge is 0.339 e.